The fraction of sp³-hybridized carbons (Fsp3) is 0.235. The van der Waals surface area contributed by atoms with E-state index in [9.17, 15) is 14.4 Å². The zero-order valence-corrected chi connectivity index (χ0v) is 26.3. The van der Waals surface area contributed by atoms with Gasteiger partial charge >= 0.3 is 11.9 Å². The minimum absolute atomic E-state index is 0.147. The van der Waals surface area contributed by atoms with E-state index in [-0.39, 0.29) is 29.2 Å². The number of rotatable bonds is 10. The maximum absolute atomic E-state index is 14.0. The van der Waals surface area contributed by atoms with Crippen molar-refractivity contribution in [2.45, 2.75) is 33.4 Å². The van der Waals surface area contributed by atoms with E-state index < -0.39 is 18.0 Å². The number of thiazole rings is 1. The number of hydrogen-bond donors (Lipinski definition) is 0. The first-order valence-electron chi connectivity index (χ1n) is 14.1. The number of aromatic nitrogens is 1. The molecular formula is C34H32N2O8S. The monoisotopic (exact) mass is 628 g/mol. The number of nitrogens with zero attached hydrogens (tertiary/aromatic N) is 2. The number of carbonyl (C=O) groups is 2. The number of carbonyl (C=O) groups excluding carboxylic acids is 2. The highest BCUT2D eigenvalue weighted by Gasteiger charge is 2.34. The molecule has 0 amide bonds. The lowest BCUT2D eigenvalue weighted by atomic mass is 9.95. The van der Waals surface area contributed by atoms with Crippen LogP contribution in [-0.2, 0) is 20.9 Å². The van der Waals surface area contributed by atoms with Gasteiger partial charge in [-0.2, -0.15) is 0 Å². The van der Waals surface area contributed by atoms with E-state index in [0.29, 0.717) is 38.7 Å². The molecule has 1 atom stereocenters. The van der Waals surface area contributed by atoms with Crippen LogP contribution >= 0.6 is 11.3 Å². The second kappa shape index (κ2) is 13.6. The molecule has 0 fully saturated rings. The second-order valence-corrected chi connectivity index (χ2v) is 11.0. The van der Waals surface area contributed by atoms with Crippen molar-refractivity contribution < 1.29 is 33.3 Å². The third kappa shape index (κ3) is 6.68. The molecule has 45 heavy (non-hydrogen) atoms. The lowest BCUT2D eigenvalue weighted by Gasteiger charge is -2.25. The van der Waals surface area contributed by atoms with Crippen molar-refractivity contribution in [2.75, 3.05) is 20.8 Å². The molecule has 0 saturated carbocycles. The summed E-state index contributed by atoms with van der Waals surface area (Å²) in [5.74, 6) is 0.474. The van der Waals surface area contributed by atoms with E-state index >= 15 is 0 Å². The lowest BCUT2D eigenvalue weighted by molar-refractivity contribution is -0.139. The Morgan fingerprint density at radius 3 is 2.36 bits per heavy atom. The van der Waals surface area contributed by atoms with Crippen LogP contribution in [0.1, 0.15) is 43.5 Å². The summed E-state index contributed by atoms with van der Waals surface area (Å²) >= 11 is 1.20. The van der Waals surface area contributed by atoms with Gasteiger partial charge in [-0.3, -0.25) is 14.2 Å². The number of hydrogen-bond acceptors (Lipinski definition) is 10. The van der Waals surface area contributed by atoms with Crippen molar-refractivity contribution in [3.05, 3.63) is 114 Å². The van der Waals surface area contributed by atoms with Crippen LogP contribution < -0.4 is 33.8 Å². The van der Waals surface area contributed by atoms with Crippen molar-refractivity contribution in [1.29, 1.82) is 0 Å². The van der Waals surface area contributed by atoms with E-state index in [0.717, 1.165) is 11.1 Å². The minimum atomic E-state index is -0.869. The Kier molecular flexibility index (Phi) is 9.48. The molecule has 1 aromatic heterocycles. The summed E-state index contributed by atoms with van der Waals surface area (Å²) in [7, 11) is 3.00. The summed E-state index contributed by atoms with van der Waals surface area (Å²) in [5.41, 5.74) is 2.60. The minimum Gasteiger partial charge on any atom is -0.493 e. The van der Waals surface area contributed by atoms with Gasteiger partial charge in [-0.15, -0.1) is 0 Å². The molecule has 0 radical (unpaired) electrons. The maximum atomic E-state index is 14.0. The average molecular weight is 629 g/mol. The van der Waals surface area contributed by atoms with Crippen LogP contribution in [-0.4, -0.2) is 37.3 Å². The Balaban J connectivity index is 1.58. The van der Waals surface area contributed by atoms with E-state index in [1.807, 2.05) is 36.4 Å². The third-order valence-electron chi connectivity index (χ3n) is 7.00. The molecule has 5 rings (SSSR count). The van der Waals surface area contributed by atoms with Gasteiger partial charge in [-0.25, -0.2) is 9.79 Å². The smallest absolute Gasteiger partial charge is 0.338 e. The Hall–Kier alpha value is -5.16. The first-order valence-corrected chi connectivity index (χ1v) is 15.0. The zero-order chi connectivity index (χ0) is 32.1. The highest BCUT2D eigenvalue weighted by Crippen LogP contribution is 2.36. The molecule has 4 aromatic rings. The van der Waals surface area contributed by atoms with Crippen LogP contribution in [0.4, 0.5) is 0 Å². The predicted molar refractivity (Wildman–Crippen MR) is 168 cm³/mol. The third-order valence-corrected chi connectivity index (χ3v) is 7.98. The number of ether oxygens (including phenoxy) is 5. The number of methoxy groups -OCH3 is 2. The van der Waals surface area contributed by atoms with Crippen LogP contribution in [0.15, 0.2) is 87.8 Å². The SMILES string of the molecule is CCOC(=O)C1=C(C)N=c2s/c(=C\c3ccc(OCc4ccccc4)c(OC)c3)c(=O)n2[C@H]1c1ccc(OC(C)=O)c(OC)c1. The van der Waals surface area contributed by atoms with Crippen molar-refractivity contribution in [2.24, 2.45) is 4.99 Å². The van der Waals surface area contributed by atoms with Crippen LogP contribution in [0.25, 0.3) is 6.08 Å². The van der Waals surface area contributed by atoms with Gasteiger partial charge < -0.3 is 23.7 Å². The molecule has 1 aliphatic rings. The fourth-order valence-electron chi connectivity index (χ4n) is 4.98. The molecule has 0 spiro atoms. The standard InChI is InChI=1S/C34H32N2O8S/c1-6-42-33(39)30-20(2)35-34-36(31(30)24-13-15-26(44-21(3)37)28(18-24)41-5)32(38)29(45-34)17-23-12-14-25(27(16-23)40-4)43-19-22-10-8-7-9-11-22/h7-18,31H,6,19H2,1-5H3/b29-17-/t31-/m0/s1. The van der Waals surface area contributed by atoms with Gasteiger partial charge in [0.2, 0.25) is 0 Å². The van der Waals surface area contributed by atoms with Crippen LogP contribution in [0, 0.1) is 0 Å². The Bertz CT molecular complexity index is 1960. The predicted octanol–water partition coefficient (Wildman–Crippen LogP) is 4.32. The first kappa shape index (κ1) is 31.3. The molecular weight excluding hydrogens is 596 g/mol. The molecule has 232 valence electrons. The van der Waals surface area contributed by atoms with E-state index in [4.69, 9.17) is 23.7 Å². The molecule has 1 aliphatic heterocycles. The molecule has 11 heteroatoms. The van der Waals surface area contributed by atoms with Gasteiger partial charge in [0.05, 0.1) is 42.7 Å². The summed E-state index contributed by atoms with van der Waals surface area (Å²) < 4.78 is 29.6. The number of benzene rings is 3. The highest BCUT2D eigenvalue weighted by molar-refractivity contribution is 7.07. The van der Waals surface area contributed by atoms with E-state index in [1.54, 1.807) is 57.4 Å². The molecule has 0 bridgehead atoms. The molecule has 0 N–H and O–H groups in total. The molecule has 0 aliphatic carbocycles. The number of esters is 2. The second-order valence-electron chi connectivity index (χ2n) is 9.99. The Morgan fingerprint density at radius 1 is 0.956 bits per heavy atom. The van der Waals surface area contributed by atoms with E-state index in [1.165, 1.54) is 29.9 Å². The van der Waals surface area contributed by atoms with E-state index in [2.05, 4.69) is 4.99 Å². The van der Waals surface area contributed by atoms with Crippen molar-refractivity contribution in [3.8, 4) is 23.0 Å². The van der Waals surface area contributed by atoms with Gasteiger partial charge in [-0.05, 0) is 60.9 Å². The Labute approximate surface area is 263 Å². The highest BCUT2D eigenvalue weighted by atomic mass is 32.1. The van der Waals surface area contributed by atoms with Crippen LogP contribution in [0.3, 0.4) is 0 Å². The quantitative estimate of drug-likeness (QED) is 0.189. The molecule has 3 aromatic carbocycles. The van der Waals surface area contributed by atoms with Crippen LogP contribution in [0.5, 0.6) is 23.0 Å². The summed E-state index contributed by atoms with van der Waals surface area (Å²) in [5, 5.41) is 0. The molecule has 2 heterocycles. The van der Waals surface area contributed by atoms with Crippen molar-refractivity contribution >= 4 is 29.4 Å². The summed E-state index contributed by atoms with van der Waals surface area (Å²) in [6.45, 7) is 5.23. The van der Waals surface area contributed by atoms with Gasteiger partial charge in [0.15, 0.2) is 27.8 Å². The summed E-state index contributed by atoms with van der Waals surface area (Å²) in [6, 6.07) is 19.3. The topological polar surface area (TPSA) is 115 Å². The van der Waals surface area contributed by atoms with Crippen molar-refractivity contribution in [3.63, 3.8) is 0 Å². The zero-order valence-electron chi connectivity index (χ0n) is 25.5. The normalized spacial score (nSPS) is 14.3. The van der Waals surface area contributed by atoms with Gasteiger partial charge in [0.1, 0.15) is 6.61 Å². The van der Waals surface area contributed by atoms with Gasteiger partial charge in [0.25, 0.3) is 5.56 Å². The lowest BCUT2D eigenvalue weighted by Crippen LogP contribution is -2.40. The largest absolute Gasteiger partial charge is 0.493 e. The molecule has 0 unspecified atom stereocenters. The summed E-state index contributed by atoms with van der Waals surface area (Å²) in [6.07, 6.45) is 1.75. The van der Waals surface area contributed by atoms with Crippen molar-refractivity contribution in [1.82, 2.24) is 4.57 Å². The number of fused-ring (bicyclic) bond motifs is 1. The average Bonchev–Trinajstić information content (AvgIpc) is 3.33. The number of allylic oxidation sites excluding steroid dienone is 1. The Morgan fingerprint density at radius 2 is 1.67 bits per heavy atom. The molecule has 10 nitrogen and oxygen atoms in total. The summed E-state index contributed by atoms with van der Waals surface area (Å²) in [4.78, 5) is 43.9. The van der Waals surface area contributed by atoms with Crippen LogP contribution in [0.2, 0.25) is 0 Å². The van der Waals surface area contributed by atoms with Gasteiger partial charge in [0, 0.05) is 6.92 Å². The first-order chi connectivity index (χ1) is 21.7. The fourth-order valence-corrected chi connectivity index (χ4v) is 6.03. The molecule has 0 saturated heterocycles. The maximum Gasteiger partial charge on any atom is 0.338 e. The van der Waals surface area contributed by atoms with Gasteiger partial charge in [-0.1, -0.05) is 53.8 Å².